The molecule has 9 nitrogen and oxygen atoms in total. The number of rotatable bonds is 8. The molecule has 2 N–H and O–H groups in total. The molecule has 9 heteroatoms. The van der Waals surface area contributed by atoms with Gasteiger partial charge in [0.15, 0.2) is 0 Å². The van der Waals surface area contributed by atoms with Gasteiger partial charge in [0.25, 0.3) is 0 Å². The normalized spacial score (nSPS) is 31.8. The number of likely N-dealkylation sites (tertiary alicyclic amines) is 1. The molecule has 0 aromatic heterocycles. The van der Waals surface area contributed by atoms with Crippen molar-refractivity contribution in [3.8, 4) is 11.5 Å². The summed E-state index contributed by atoms with van der Waals surface area (Å²) >= 11 is 0. The third-order valence-corrected chi connectivity index (χ3v) is 9.40. The Bertz CT molecular complexity index is 1350. The minimum atomic E-state index is -1.17. The monoisotopic (exact) mass is 571 g/mol. The summed E-state index contributed by atoms with van der Waals surface area (Å²) < 4.78 is 18.2. The molecule has 4 heterocycles. The van der Waals surface area contributed by atoms with E-state index in [0.717, 1.165) is 44.3 Å². The van der Waals surface area contributed by atoms with Crippen LogP contribution in [0.5, 0.6) is 11.5 Å². The molecule has 4 fully saturated rings. The van der Waals surface area contributed by atoms with Gasteiger partial charge in [0.1, 0.15) is 23.1 Å². The molecule has 0 unspecified atom stereocenters. The lowest BCUT2D eigenvalue weighted by molar-refractivity contribution is -0.143. The Kier molecular flexibility index (Phi) is 7.23. The van der Waals surface area contributed by atoms with Gasteiger partial charge in [0.2, 0.25) is 17.7 Å². The van der Waals surface area contributed by atoms with Crippen molar-refractivity contribution in [2.45, 2.75) is 74.8 Å². The third-order valence-electron chi connectivity index (χ3n) is 9.40. The van der Waals surface area contributed by atoms with Crippen LogP contribution in [-0.4, -0.2) is 65.7 Å². The number of nitrogens with one attached hydrogen (secondary N) is 2. The lowest BCUT2D eigenvalue weighted by atomic mass is 9.74. The van der Waals surface area contributed by atoms with Gasteiger partial charge in [0, 0.05) is 24.9 Å². The van der Waals surface area contributed by atoms with E-state index in [1.54, 1.807) is 29.2 Å². The number of fused-ring (bicyclic) bond motifs is 1. The van der Waals surface area contributed by atoms with Crippen molar-refractivity contribution in [2.75, 3.05) is 18.5 Å². The maximum absolute atomic E-state index is 14.1. The van der Waals surface area contributed by atoms with Crippen molar-refractivity contribution in [1.29, 1.82) is 0 Å². The van der Waals surface area contributed by atoms with E-state index in [1.165, 1.54) is 6.42 Å². The van der Waals surface area contributed by atoms with E-state index in [2.05, 4.69) is 10.6 Å². The number of benzene rings is 2. The standard InChI is InChI=1S/C33H37N3O6/c37-30(34-22-13-15-24(16-14-22)41-23-10-5-2-6-11-23)27-26-17-18-33(42-26)28(27)32(39)36(20-25-12-7-19-40-25)29(33)31(38)35-21-8-3-1-4-9-21/h2,5-6,10-11,13-18,21,25-29H,1,3-4,7-9,12,19-20H2,(H,34,37)(H,35,38)/t25-,26+,27-,28+,29+,33+/m0/s1. The summed E-state index contributed by atoms with van der Waals surface area (Å²) in [5.41, 5.74) is -0.580. The van der Waals surface area contributed by atoms with Crippen LogP contribution in [0.15, 0.2) is 66.7 Å². The fraction of sp³-hybridized carbons (Fsp3) is 0.485. The van der Waals surface area contributed by atoms with Crippen molar-refractivity contribution in [2.24, 2.45) is 11.8 Å². The first-order valence-corrected chi connectivity index (χ1v) is 15.3. The minimum Gasteiger partial charge on any atom is -0.457 e. The Hall–Kier alpha value is -3.69. The molecule has 1 aliphatic carbocycles. The zero-order chi connectivity index (χ0) is 28.7. The molecule has 5 aliphatic rings. The van der Waals surface area contributed by atoms with Crippen LogP contribution in [0, 0.1) is 11.8 Å². The predicted octanol–water partition coefficient (Wildman–Crippen LogP) is 4.20. The van der Waals surface area contributed by atoms with Gasteiger partial charge < -0.3 is 29.7 Å². The molecule has 6 atom stereocenters. The van der Waals surface area contributed by atoms with E-state index < -0.39 is 29.6 Å². The fourth-order valence-corrected chi connectivity index (χ4v) is 7.46. The molecule has 0 radical (unpaired) electrons. The van der Waals surface area contributed by atoms with Gasteiger partial charge in [-0.25, -0.2) is 0 Å². The van der Waals surface area contributed by atoms with E-state index >= 15 is 0 Å². The highest BCUT2D eigenvalue weighted by Gasteiger charge is 2.73. The maximum atomic E-state index is 14.1. The van der Waals surface area contributed by atoms with Crippen LogP contribution >= 0.6 is 0 Å². The molecule has 4 aliphatic heterocycles. The van der Waals surface area contributed by atoms with E-state index in [-0.39, 0.29) is 29.9 Å². The van der Waals surface area contributed by atoms with Crippen LogP contribution in [0.1, 0.15) is 44.9 Å². The van der Waals surface area contributed by atoms with E-state index in [9.17, 15) is 14.4 Å². The average Bonchev–Trinajstić information content (AvgIpc) is 3.78. The number of amides is 3. The number of carbonyl (C=O) groups excluding carboxylic acids is 3. The smallest absolute Gasteiger partial charge is 0.246 e. The van der Waals surface area contributed by atoms with Crippen LogP contribution in [-0.2, 0) is 23.9 Å². The first-order chi connectivity index (χ1) is 20.5. The zero-order valence-corrected chi connectivity index (χ0v) is 23.6. The van der Waals surface area contributed by atoms with E-state index in [4.69, 9.17) is 14.2 Å². The molecule has 2 aromatic rings. The van der Waals surface area contributed by atoms with Gasteiger partial charge >= 0.3 is 0 Å². The quantitative estimate of drug-likeness (QED) is 0.461. The second-order valence-corrected chi connectivity index (χ2v) is 12.1. The van der Waals surface area contributed by atoms with Crippen molar-refractivity contribution in [3.63, 3.8) is 0 Å². The molecule has 2 bridgehead atoms. The lowest BCUT2D eigenvalue weighted by Crippen LogP contribution is -2.57. The lowest BCUT2D eigenvalue weighted by Gasteiger charge is -2.34. The molecule has 220 valence electrons. The first kappa shape index (κ1) is 27.2. The second-order valence-electron chi connectivity index (χ2n) is 12.1. The summed E-state index contributed by atoms with van der Waals surface area (Å²) in [5.74, 6) is -0.874. The summed E-state index contributed by atoms with van der Waals surface area (Å²) in [6, 6.07) is 15.9. The molecule has 3 amide bonds. The van der Waals surface area contributed by atoms with Gasteiger partial charge in [0.05, 0.1) is 24.0 Å². The Balaban J connectivity index is 1.11. The van der Waals surface area contributed by atoms with Crippen LogP contribution in [0.3, 0.4) is 0 Å². The minimum absolute atomic E-state index is 0.0944. The van der Waals surface area contributed by atoms with Crippen molar-refractivity contribution >= 4 is 23.4 Å². The van der Waals surface area contributed by atoms with Crippen molar-refractivity contribution in [1.82, 2.24) is 10.2 Å². The number of carbonyl (C=O) groups is 3. The maximum Gasteiger partial charge on any atom is 0.246 e. The SMILES string of the molecule is O=C(Nc1ccc(Oc2ccccc2)cc1)[C@H]1[C@H]2C=C[C@@]3(O2)[C@H]1C(=O)N(C[C@@H]1CCCO1)[C@@H]3C(=O)NC1CCCCC1. The van der Waals surface area contributed by atoms with Crippen molar-refractivity contribution < 1.29 is 28.6 Å². The Morgan fingerprint density at radius 2 is 1.69 bits per heavy atom. The third kappa shape index (κ3) is 4.88. The van der Waals surface area contributed by atoms with Gasteiger partial charge in [-0.2, -0.15) is 0 Å². The number of para-hydroxylation sites is 1. The van der Waals surface area contributed by atoms with Crippen LogP contribution in [0.4, 0.5) is 5.69 Å². The topological polar surface area (TPSA) is 106 Å². The number of nitrogens with zero attached hydrogens (tertiary/aromatic N) is 1. The summed E-state index contributed by atoms with van der Waals surface area (Å²) in [6.45, 7) is 0.970. The van der Waals surface area contributed by atoms with E-state index in [1.807, 2.05) is 42.5 Å². The van der Waals surface area contributed by atoms with E-state index in [0.29, 0.717) is 24.6 Å². The molecule has 1 saturated carbocycles. The highest BCUT2D eigenvalue weighted by atomic mass is 16.5. The Morgan fingerprint density at radius 1 is 0.929 bits per heavy atom. The van der Waals surface area contributed by atoms with Gasteiger partial charge in [-0.3, -0.25) is 14.4 Å². The second kappa shape index (κ2) is 11.2. The summed E-state index contributed by atoms with van der Waals surface area (Å²) in [6.07, 6.45) is 10.0. The molecular formula is C33H37N3O6. The van der Waals surface area contributed by atoms with Crippen LogP contribution in [0.25, 0.3) is 0 Å². The molecule has 42 heavy (non-hydrogen) atoms. The molecule has 2 aromatic carbocycles. The fourth-order valence-electron chi connectivity index (χ4n) is 7.46. The van der Waals surface area contributed by atoms with Gasteiger partial charge in [-0.05, 0) is 62.1 Å². The number of hydrogen-bond acceptors (Lipinski definition) is 6. The van der Waals surface area contributed by atoms with Crippen LogP contribution < -0.4 is 15.4 Å². The van der Waals surface area contributed by atoms with Gasteiger partial charge in [-0.15, -0.1) is 0 Å². The summed E-state index contributed by atoms with van der Waals surface area (Å²) in [5, 5.41) is 6.22. The number of ether oxygens (including phenoxy) is 3. The van der Waals surface area contributed by atoms with Gasteiger partial charge in [-0.1, -0.05) is 49.6 Å². The Labute approximate surface area is 245 Å². The Morgan fingerprint density at radius 3 is 2.43 bits per heavy atom. The largest absolute Gasteiger partial charge is 0.457 e. The molecule has 3 saturated heterocycles. The highest BCUT2D eigenvalue weighted by molar-refractivity contribution is 6.02. The summed E-state index contributed by atoms with van der Waals surface area (Å²) in [4.78, 5) is 43.5. The van der Waals surface area contributed by atoms with Crippen molar-refractivity contribution in [3.05, 3.63) is 66.7 Å². The number of anilines is 1. The first-order valence-electron chi connectivity index (χ1n) is 15.3. The molecule has 1 spiro atoms. The zero-order valence-electron chi connectivity index (χ0n) is 23.6. The predicted molar refractivity (Wildman–Crippen MR) is 155 cm³/mol. The molecular weight excluding hydrogens is 534 g/mol. The number of hydrogen-bond donors (Lipinski definition) is 2. The van der Waals surface area contributed by atoms with Crippen LogP contribution in [0.2, 0.25) is 0 Å². The summed E-state index contributed by atoms with van der Waals surface area (Å²) in [7, 11) is 0. The molecule has 7 rings (SSSR count). The highest BCUT2D eigenvalue weighted by Crippen LogP contribution is 2.55. The average molecular weight is 572 g/mol.